The summed E-state index contributed by atoms with van der Waals surface area (Å²) in [5.41, 5.74) is 3.83. The lowest BCUT2D eigenvalue weighted by Crippen LogP contribution is -2.17. The van der Waals surface area contributed by atoms with Crippen molar-refractivity contribution in [3.05, 3.63) is 65.2 Å². The van der Waals surface area contributed by atoms with Crippen LogP contribution in [0.15, 0.2) is 48.5 Å². The van der Waals surface area contributed by atoms with Crippen molar-refractivity contribution in [1.29, 1.82) is 0 Å². The molecule has 0 aromatic heterocycles. The quantitative estimate of drug-likeness (QED) is 0.759. The van der Waals surface area contributed by atoms with Gasteiger partial charge in [-0.2, -0.15) is 0 Å². The highest BCUT2D eigenvalue weighted by atomic mass is 16.4. The molecule has 98 valence electrons. The molecule has 0 bridgehead atoms. The second-order valence-electron chi connectivity index (χ2n) is 4.97. The lowest BCUT2D eigenvalue weighted by Gasteiger charge is -2.19. The van der Waals surface area contributed by atoms with E-state index in [1.54, 1.807) is 8.05 Å². The molecule has 2 rings (SSSR count). The van der Waals surface area contributed by atoms with Crippen molar-refractivity contribution in [2.24, 2.45) is 0 Å². The first kappa shape index (κ1) is 13.7. The minimum Gasteiger partial charge on any atom is -0.568 e. The SMILES string of the molecule is BOc1ccc(C)cc1CN(C)Cc1ccccc1. The summed E-state index contributed by atoms with van der Waals surface area (Å²) in [7, 11) is 3.86. The fraction of sp³-hybridized carbons (Fsp3) is 0.250. The van der Waals surface area contributed by atoms with E-state index in [0.29, 0.717) is 0 Å². The van der Waals surface area contributed by atoms with Gasteiger partial charge in [-0.1, -0.05) is 48.0 Å². The highest BCUT2D eigenvalue weighted by molar-refractivity contribution is 6.00. The standard InChI is InChI=1S/C16H20BNO/c1-13-8-9-16(19-17)15(10-13)12-18(2)11-14-6-4-3-5-7-14/h3-10H,11-12,17H2,1-2H3. The molecule has 0 aliphatic carbocycles. The molecule has 0 heterocycles. The predicted octanol–water partition coefficient (Wildman–Crippen LogP) is 2.55. The number of nitrogens with zero attached hydrogens (tertiary/aromatic N) is 1. The molecule has 0 saturated heterocycles. The summed E-state index contributed by atoms with van der Waals surface area (Å²) in [6, 6.07) is 16.8. The normalized spacial score (nSPS) is 10.7. The summed E-state index contributed by atoms with van der Waals surface area (Å²) >= 11 is 0. The highest BCUT2D eigenvalue weighted by Gasteiger charge is 2.06. The Kier molecular flexibility index (Phi) is 4.64. The Hall–Kier alpha value is -1.74. The molecule has 2 aromatic carbocycles. The van der Waals surface area contributed by atoms with Crippen LogP contribution in [0, 0.1) is 6.92 Å². The van der Waals surface area contributed by atoms with Crippen LogP contribution in [0.5, 0.6) is 5.75 Å². The largest absolute Gasteiger partial charge is 0.568 e. The first-order valence-corrected chi connectivity index (χ1v) is 6.55. The fourth-order valence-corrected chi connectivity index (χ4v) is 2.27. The van der Waals surface area contributed by atoms with Gasteiger partial charge in [-0.15, -0.1) is 0 Å². The predicted molar refractivity (Wildman–Crippen MR) is 82.0 cm³/mol. The van der Waals surface area contributed by atoms with Crippen molar-refractivity contribution < 1.29 is 4.65 Å². The molecule has 0 aliphatic rings. The average Bonchev–Trinajstić information content (AvgIpc) is 2.40. The van der Waals surface area contributed by atoms with Gasteiger partial charge in [0.15, 0.2) is 0 Å². The first-order chi connectivity index (χ1) is 9.19. The Labute approximate surface area is 116 Å². The molecular weight excluding hydrogens is 233 g/mol. The fourth-order valence-electron chi connectivity index (χ4n) is 2.27. The van der Waals surface area contributed by atoms with Gasteiger partial charge in [0.1, 0.15) is 5.75 Å². The lowest BCUT2D eigenvalue weighted by molar-refractivity contribution is 0.316. The topological polar surface area (TPSA) is 12.5 Å². The van der Waals surface area contributed by atoms with Gasteiger partial charge in [0.25, 0.3) is 0 Å². The zero-order chi connectivity index (χ0) is 13.7. The van der Waals surface area contributed by atoms with Crippen molar-refractivity contribution in [3.63, 3.8) is 0 Å². The molecule has 0 fully saturated rings. The van der Waals surface area contributed by atoms with Gasteiger partial charge in [0.05, 0.1) is 0 Å². The van der Waals surface area contributed by atoms with Gasteiger partial charge >= 0.3 is 8.05 Å². The highest BCUT2D eigenvalue weighted by Crippen LogP contribution is 2.21. The summed E-state index contributed by atoms with van der Waals surface area (Å²) < 4.78 is 5.42. The second kappa shape index (κ2) is 6.44. The van der Waals surface area contributed by atoms with Crippen LogP contribution in [-0.4, -0.2) is 20.0 Å². The number of hydrogen-bond donors (Lipinski definition) is 0. The Balaban J connectivity index is 2.06. The minimum absolute atomic E-state index is 0.889. The Morgan fingerprint density at radius 2 is 1.79 bits per heavy atom. The van der Waals surface area contributed by atoms with Crippen LogP contribution in [-0.2, 0) is 13.1 Å². The van der Waals surface area contributed by atoms with Crippen molar-refractivity contribution in [2.45, 2.75) is 20.0 Å². The van der Waals surface area contributed by atoms with E-state index in [4.69, 9.17) is 4.65 Å². The van der Waals surface area contributed by atoms with Crippen molar-refractivity contribution in [3.8, 4) is 5.75 Å². The first-order valence-electron chi connectivity index (χ1n) is 6.55. The Morgan fingerprint density at radius 3 is 2.47 bits per heavy atom. The van der Waals surface area contributed by atoms with Crippen LogP contribution in [0.25, 0.3) is 0 Å². The van der Waals surface area contributed by atoms with Crippen molar-refractivity contribution in [1.82, 2.24) is 4.90 Å². The average molecular weight is 253 g/mol. The van der Waals surface area contributed by atoms with Crippen LogP contribution in [0.2, 0.25) is 0 Å². The molecule has 0 saturated carbocycles. The van der Waals surface area contributed by atoms with Crippen LogP contribution in [0.4, 0.5) is 0 Å². The number of hydrogen-bond acceptors (Lipinski definition) is 2. The van der Waals surface area contributed by atoms with Crippen LogP contribution >= 0.6 is 0 Å². The van der Waals surface area contributed by atoms with E-state index in [2.05, 4.69) is 55.3 Å². The smallest absolute Gasteiger partial charge is 0.322 e. The number of aryl methyl sites for hydroxylation is 1. The minimum atomic E-state index is 0.889. The summed E-state index contributed by atoms with van der Waals surface area (Å²) in [5, 5.41) is 0. The summed E-state index contributed by atoms with van der Waals surface area (Å²) in [5.74, 6) is 0.963. The van der Waals surface area contributed by atoms with Gasteiger partial charge in [-0.05, 0) is 25.6 Å². The van der Waals surface area contributed by atoms with E-state index in [1.807, 2.05) is 12.1 Å². The van der Waals surface area contributed by atoms with Gasteiger partial charge in [0, 0.05) is 18.7 Å². The van der Waals surface area contributed by atoms with Gasteiger partial charge < -0.3 is 4.65 Å². The molecule has 0 spiro atoms. The third kappa shape index (κ3) is 3.86. The Morgan fingerprint density at radius 1 is 1.05 bits per heavy atom. The van der Waals surface area contributed by atoms with Crippen molar-refractivity contribution in [2.75, 3.05) is 7.05 Å². The van der Waals surface area contributed by atoms with E-state index in [0.717, 1.165) is 18.8 Å². The molecule has 3 heteroatoms. The zero-order valence-electron chi connectivity index (χ0n) is 11.9. The van der Waals surface area contributed by atoms with Gasteiger partial charge in [-0.3, -0.25) is 4.90 Å². The van der Waals surface area contributed by atoms with Crippen LogP contribution in [0.3, 0.4) is 0 Å². The molecule has 0 amide bonds. The molecule has 0 aliphatic heterocycles. The molecule has 2 aromatic rings. The molecule has 2 nitrogen and oxygen atoms in total. The van der Waals surface area contributed by atoms with Gasteiger partial charge in [0.2, 0.25) is 0 Å². The molecule has 0 radical (unpaired) electrons. The lowest BCUT2D eigenvalue weighted by atomic mass is 10.1. The number of rotatable bonds is 5. The monoisotopic (exact) mass is 253 g/mol. The summed E-state index contributed by atoms with van der Waals surface area (Å²) in [6.07, 6.45) is 0. The van der Waals surface area contributed by atoms with Crippen LogP contribution in [0.1, 0.15) is 16.7 Å². The third-order valence-corrected chi connectivity index (χ3v) is 3.17. The third-order valence-electron chi connectivity index (χ3n) is 3.17. The Bertz CT molecular complexity index is 528. The molecule has 19 heavy (non-hydrogen) atoms. The van der Waals surface area contributed by atoms with E-state index in [-0.39, 0.29) is 0 Å². The van der Waals surface area contributed by atoms with E-state index < -0.39 is 0 Å². The molecule has 0 N–H and O–H groups in total. The second-order valence-corrected chi connectivity index (χ2v) is 4.97. The maximum atomic E-state index is 5.42. The number of benzene rings is 2. The van der Waals surface area contributed by atoms with Crippen molar-refractivity contribution >= 4 is 8.05 Å². The zero-order valence-corrected chi connectivity index (χ0v) is 11.9. The molecule has 0 atom stereocenters. The maximum absolute atomic E-state index is 5.42. The summed E-state index contributed by atoms with van der Waals surface area (Å²) in [6.45, 7) is 3.94. The van der Waals surface area contributed by atoms with E-state index in [9.17, 15) is 0 Å². The van der Waals surface area contributed by atoms with E-state index >= 15 is 0 Å². The molecular formula is C16H20BNO. The molecule has 0 unspecified atom stereocenters. The van der Waals surface area contributed by atoms with E-state index in [1.165, 1.54) is 16.7 Å². The van der Waals surface area contributed by atoms with Crippen LogP contribution < -0.4 is 4.65 Å². The maximum Gasteiger partial charge on any atom is 0.322 e. The summed E-state index contributed by atoms with van der Waals surface area (Å²) in [4.78, 5) is 2.30. The van der Waals surface area contributed by atoms with Gasteiger partial charge in [-0.25, -0.2) is 0 Å².